The minimum absolute atomic E-state index is 0.0960. The lowest BCUT2D eigenvalue weighted by atomic mass is 9.98. The second-order valence-corrected chi connectivity index (χ2v) is 8.46. The van der Waals surface area contributed by atoms with Gasteiger partial charge < -0.3 is 15.2 Å². The largest absolute Gasteiger partial charge is 0.480 e. The lowest BCUT2D eigenvalue weighted by Crippen LogP contribution is -2.50. The zero-order valence-corrected chi connectivity index (χ0v) is 19.5. The first-order chi connectivity index (χ1) is 17.0. The number of hydrogen-bond donors (Lipinski definition) is 2. The third kappa shape index (κ3) is 5.35. The molecule has 180 valence electrons. The molecule has 0 radical (unpaired) electrons. The molecule has 0 aliphatic heterocycles. The van der Waals surface area contributed by atoms with Crippen molar-refractivity contribution in [2.45, 2.75) is 31.7 Å². The second-order valence-electron chi connectivity index (χ2n) is 8.46. The molecule has 0 spiro atoms. The number of fused-ring (bicyclic) bond motifs is 3. The van der Waals surface area contributed by atoms with E-state index in [9.17, 15) is 19.5 Å². The molecule has 0 saturated heterocycles. The predicted octanol–water partition coefficient (Wildman–Crippen LogP) is 4.81. The summed E-state index contributed by atoms with van der Waals surface area (Å²) in [6.45, 7) is 1.52. The van der Waals surface area contributed by atoms with Gasteiger partial charge in [-0.05, 0) is 40.8 Å². The van der Waals surface area contributed by atoms with E-state index in [1.54, 1.807) is 30.3 Å². The van der Waals surface area contributed by atoms with Crippen molar-refractivity contribution < 1.29 is 24.2 Å². The Kier molecular flexibility index (Phi) is 7.45. The SMILES string of the molecule is CCC[C@@H](NC(=O)OCC1c2ccccc2-c2ccccc21)C(=O)N(CC(=O)O)c1ccccc1. The van der Waals surface area contributed by atoms with Gasteiger partial charge in [0.05, 0.1) is 0 Å². The predicted molar refractivity (Wildman–Crippen MR) is 133 cm³/mol. The molecule has 0 bridgehead atoms. The highest BCUT2D eigenvalue weighted by atomic mass is 16.5. The molecule has 0 unspecified atom stereocenters. The smallest absolute Gasteiger partial charge is 0.407 e. The number of para-hydroxylation sites is 1. The van der Waals surface area contributed by atoms with E-state index in [-0.39, 0.29) is 12.5 Å². The summed E-state index contributed by atoms with van der Waals surface area (Å²) in [5.74, 6) is -1.73. The Morgan fingerprint density at radius 1 is 0.914 bits per heavy atom. The van der Waals surface area contributed by atoms with Gasteiger partial charge >= 0.3 is 12.1 Å². The molecule has 35 heavy (non-hydrogen) atoms. The van der Waals surface area contributed by atoms with E-state index in [1.165, 1.54) is 4.90 Å². The van der Waals surface area contributed by atoms with Gasteiger partial charge in [0.1, 0.15) is 19.2 Å². The number of carboxylic acid groups (broad SMARTS) is 1. The van der Waals surface area contributed by atoms with Crippen LogP contribution in [-0.2, 0) is 14.3 Å². The number of anilines is 1. The molecule has 1 aliphatic rings. The number of rotatable bonds is 9. The number of alkyl carbamates (subject to hydrolysis) is 1. The maximum Gasteiger partial charge on any atom is 0.407 e. The maximum atomic E-state index is 13.3. The van der Waals surface area contributed by atoms with Gasteiger partial charge in [0.15, 0.2) is 0 Å². The zero-order chi connectivity index (χ0) is 24.8. The van der Waals surface area contributed by atoms with Crippen LogP contribution in [0.3, 0.4) is 0 Å². The number of nitrogens with zero attached hydrogens (tertiary/aromatic N) is 1. The van der Waals surface area contributed by atoms with Crippen molar-refractivity contribution in [3.8, 4) is 11.1 Å². The molecule has 7 heteroatoms. The Bertz CT molecular complexity index is 1170. The van der Waals surface area contributed by atoms with Crippen LogP contribution in [0, 0.1) is 0 Å². The Labute approximate surface area is 204 Å². The number of amides is 2. The van der Waals surface area contributed by atoms with Gasteiger partial charge in [-0.3, -0.25) is 14.5 Å². The van der Waals surface area contributed by atoms with Gasteiger partial charge in [0, 0.05) is 11.6 Å². The molecule has 3 aromatic carbocycles. The number of carboxylic acids is 1. The monoisotopic (exact) mass is 472 g/mol. The number of nitrogens with one attached hydrogen (secondary N) is 1. The Balaban J connectivity index is 1.47. The summed E-state index contributed by atoms with van der Waals surface area (Å²) in [7, 11) is 0. The van der Waals surface area contributed by atoms with Crippen LogP contribution in [-0.4, -0.2) is 42.3 Å². The van der Waals surface area contributed by atoms with Gasteiger partial charge in [0.25, 0.3) is 0 Å². The van der Waals surface area contributed by atoms with Crippen molar-refractivity contribution in [1.82, 2.24) is 5.32 Å². The molecule has 2 amide bonds. The molecule has 1 atom stereocenters. The van der Waals surface area contributed by atoms with E-state index < -0.39 is 30.6 Å². The normalized spacial score (nSPS) is 12.8. The van der Waals surface area contributed by atoms with Gasteiger partial charge in [-0.15, -0.1) is 0 Å². The minimum Gasteiger partial charge on any atom is -0.480 e. The van der Waals surface area contributed by atoms with Gasteiger partial charge in [-0.1, -0.05) is 80.1 Å². The van der Waals surface area contributed by atoms with Gasteiger partial charge in [-0.2, -0.15) is 0 Å². The van der Waals surface area contributed by atoms with E-state index in [4.69, 9.17) is 4.74 Å². The Morgan fingerprint density at radius 2 is 1.49 bits per heavy atom. The molecule has 0 saturated carbocycles. The first kappa shape index (κ1) is 24.0. The number of benzene rings is 3. The number of aliphatic carboxylic acids is 1. The van der Waals surface area contributed by atoms with E-state index in [0.717, 1.165) is 22.3 Å². The van der Waals surface area contributed by atoms with Crippen LogP contribution < -0.4 is 10.2 Å². The van der Waals surface area contributed by atoms with E-state index in [2.05, 4.69) is 17.4 Å². The standard InChI is InChI=1S/C28H28N2O5/c1-2-10-25(27(33)30(17-26(31)32)19-11-4-3-5-12-19)29-28(34)35-18-24-22-15-8-6-13-20(22)21-14-7-9-16-23(21)24/h3-9,11-16,24-25H,2,10,17-18H2,1H3,(H,29,34)(H,31,32)/t25-/m1/s1. The van der Waals surface area contributed by atoms with Crippen LogP contribution in [0.2, 0.25) is 0 Å². The summed E-state index contributed by atoms with van der Waals surface area (Å²) in [4.78, 5) is 38.7. The molecular formula is C28H28N2O5. The van der Waals surface area contributed by atoms with E-state index >= 15 is 0 Å². The Morgan fingerprint density at radius 3 is 2.06 bits per heavy atom. The molecular weight excluding hydrogens is 444 g/mol. The van der Waals surface area contributed by atoms with Gasteiger partial charge in [-0.25, -0.2) is 4.79 Å². The van der Waals surface area contributed by atoms with Crippen LogP contribution in [0.5, 0.6) is 0 Å². The minimum atomic E-state index is -1.14. The first-order valence-corrected chi connectivity index (χ1v) is 11.7. The average molecular weight is 473 g/mol. The van der Waals surface area contributed by atoms with E-state index in [1.807, 2.05) is 43.3 Å². The molecule has 2 N–H and O–H groups in total. The highest BCUT2D eigenvalue weighted by Crippen LogP contribution is 2.44. The summed E-state index contributed by atoms with van der Waals surface area (Å²) < 4.78 is 5.60. The topological polar surface area (TPSA) is 95.9 Å². The Hall–Kier alpha value is -4.13. The maximum absolute atomic E-state index is 13.3. The van der Waals surface area contributed by atoms with Crippen LogP contribution in [0.15, 0.2) is 78.9 Å². The third-order valence-electron chi connectivity index (χ3n) is 6.14. The zero-order valence-electron chi connectivity index (χ0n) is 19.5. The fourth-order valence-corrected chi connectivity index (χ4v) is 4.56. The number of carbonyl (C=O) groups excluding carboxylic acids is 2. The van der Waals surface area contributed by atoms with Crippen LogP contribution in [0.25, 0.3) is 11.1 Å². The molecule has 4 rings (SSSR count). The average Bonchev–Trinajstić information content (AvgIpc) is 3.19. The molecule has 1 aliphatic carbocycles. The lowest BCUT2D eigenvalue weighted by Gasteiger charge is -2.26. The van der Waals surface area contributed by atoms with Crippen molar-refractivity contribution in [3.05, 3.63) is 90.0 Å². The quantitative estimate of drug-likeness (QED) is 0.466. The van der Waals surface area contributed by atoms with Crippen molar-refractivity contribution in [2.24, 2.45) is 0 Å². The van der Waals surface area contributed by atoms with Crippen molar-refractivity contribution in [2.75, 3.05) is 18.1 Å². The summed E-state index contributed by atoms with van der Waals surface area (Å²) >= 11 is 0. The van der Waals surface area contributed by atoms with Crippen LogP contribution in [0.4, 0.5) is 10.5 Å². The highest BCUT2D eigenvalue weighted by Gasteiger charge is 2.31. The fraction of sp³-hybridized carbons (Fsp3) is 0.250. The van der Waals surface area contributed by atoms with Crippen LogP contribution in [0.1, 0.15) is 36.8 Å². The molecule has 0 aromatic heterocycles. The summed E-state index contributed by atoms with van der Waals surface area (Å²) in [6, 6.07) is 23.8. The number of ether oxygens (including phenoxy) is 1. The molecule has 0 fully saturated rings. The highest BCUT2D eigenvalue weighted by molar-refractivity contribution is 6.01. The third-order valence-corrected chi connectivity index (χ3v) is 6.14. The summed E-state index contributed by atoms with van der Waals surface area (Å²) in [5.41, 5.74) is 4.90. The molecule has 3 aromatic rings. The summed E-state index contributed by atoms with van der Waals surface area (Å²) in [6.07, 6.45) is 0.267. The lowest BCUT2D eigenvalue weighted by molar-refractivity contribution is -0.136. The molecule has 0 heterocycles. The van der Waals surface area contributed by atoms with Crippen molar-refractivity contribution in [3.63, 3.8) is 0 Å². The summed E-state index contributed by atoms with van der Waals surface area (Å²) in [5, 5.41) is 12.0. The fourth-order valence-electron chi connectivity index (χ4n) is 4.56. The number of carbonyl (C=O) groups is 3. The van der Waals surface area contributed by atoms with Gasteiger partial charge in [0.2, 0.25) is 5.91 Å². The van der Waals surface area contributed by atoms with Crippen LogP contribution >= 0.6 is 0 Å². The van der Waals surface area contributed by atoms with Crippen molar-refractivity contribution in [1.29, 1.82) is 0 Å². The number of hydrogen-bond acceptors (Lipinski definition) is 4. The van der Waals surface area contributed by atoms with Crippen molar-refractivity contribution >= 4 is 23.7 Å². The first-order valence-electron chi connectivity index (χ1n) is 11.7. The second kappa shape index (κ2) is 10.9. The molecule has 7 nitrogen and oxygen atoms in total. The van der Waals surface area contributed by atoms with E-state index in [0.29, 0.717) is 18.5 Å².